The summed E-state index contributed by atoms with van der Waals surface area (Å²) in [4.78, 5) is 38.3. The molecule has 4 rings (SSSR count). The fraction of sp³-hybridized carbons (Fsp3) is 0.714. The number of carbonyl (C=O) groups excluding carboxylic acids is 3. The van der Waals surface area contributed by atoms with Crippen molar-refractivity contribution in [3.05, 3.63) is 11.8 Å². The number of urea groups is 1. The summed E-state index contributed by atoms with van der Waals surface area (Å²) in [6.07, 6.45) is 11.5. The first-order valence-electron chi connectivity index (χ1n) is 11.0. The average molecular weight is 402 g/mol. The molecule has 4 amide bonds. The van der Waals surface area contributed by atoms with E-state index in [1.807, 2.05) is 6.07 Å². The van der Waals surface area contributed by atoms with Gasteiger partial charge in [-0.25, -0.2) is 4.79 Å². The summed E-state index contributed by atoms with van der Waals surface area (Å²) < 4.78 is 0. The predicted octanol–water partition coefficient (Wildman–Crippen LogP) is 3.12. The van der Waals surface area contributed by atoms with Crippen molar-refractivity contribution < 1.29 is 14.4 Å². The van der Waals surface area contributed by atoms with Crippen LogP contribution in [0.1, 0.15) is 76.3 Å². The normalized spacial score (nSPS) is 21.7. The van der Waals surface area contributed by atoms with Crippen LogP contribution in [0.5, 0.6) is 0 Å². The molecule has 2 heterocycles. The van der Waals surface area contributed by atoms with Crippen LogP contribution in [-0.4, -0.2) is 45.0 Å². The Labute approximate surface area is 171 Å². The number of hydrogen-bond acceptors (Lipinski definition) is 4. The van der Waals surface area contributed by atoms with Crippen LogP contribution in [0.15, 0.2) is 6.07 Å². The molecular formula is C21H31N5O3. The molecule has 3 N–H and O–H groups in total. The number of amides is 4. The zero-order valence-corrected chi connectivity index (χ0v) is 17.0. The quantitative estimate of drug-likeness (QED) is 0.610. The smallest absolute Gasteiger partial charge is 0.323 e. The Morgan fingerprint density at radius 1 is 1.17 bits per heavy atom. The van der Waals surface area contributed by atoms with Crippen molar-refractivity contribution in [2.75, 3.05) is 11.9 Å². The molecule has 0 radical (unpaired) electrons. The molecular weight excluding hydrogens is 370 g/mol. The molecule has 0 atom stereocenters. The number of aromatic nitrogens is 2. The van der Waals surface area contributed by atoms with Crippen LogP contribution in [0.3, 0.4) is 0 Å². The number of hydrogen-bond donors (Lipinski definition) is 3. The maximum Gasteiger partial charge on any atom is 0.325 e. The van der Waals surface area contributed by atoms with E-state index in [4.69, 9.17) is 0 Å². The second-order valence-corrected chi connectivity index (χ2v) is 8.81. The molecule has 1 spiro atoms. The lowest BCUT2D eigenvalue weighted by Crippen LogP contribution is -2.44. The van der Waals surface area contributed by atoms with Crippen molar-refractivity contribution in [1.82, 2.24) is 20.4 Å². The van der Waals surface area contributed by atoms with Gasteiger partial charge in [0.05, 0.1) is 0 Å². The van der Waals surface area contributed by atoms with Gasteiger partial charge in [0, 0.05) is 24.7 Å². The lowest BCUT2D eigenvalue weighted by molar-refractivity contribution is -0.131. The molecule has 158 valence electrons. The molecule has 3 aliphatic rings. The van der Waals surface area contributed by atoms with E-state index in [0.29, 0.717) is 18.2 Å². The number of rotatable bonds is 7. The molecule has 2 aliphatic carbocycles. The van der Waals surface area contributed by atoms with Crippen molar-refractivity contribution in [3.63, 3.8) is 0 Å². The Balaban J connectivity index is 1.20. The lowest BCUT2D eigenvalue weighted by Gasteiger charge is -2.20. The van der Waals surface area contributed by atoms with E-state index in [9.17, 15) is 14.4 Å². The van der Waals surface area contributed by atoms with Gasteiger partial charge in [-0.15, -0.1) is 0 Å². The van der Waals surface area contributed by atoms with Crippen LogP contribution < -0.4 is 10.6 Å². The Morgan fingerprint density at radius 2 is 1.93 bits per heavy atom. The van der Waals surface area contributed by atoms with Gasteiger partial charge in [-0.05, 0) is 31.6 Å². The Hall–Kier alpha value is -2.38. The highest BCUT2D eigenvalue weighted by Gasteiger charge is 2.52. The van der Waals surface area contributed by atoms with Crippen LogP contribution >= 0.6 is 0 Å². The molecule has 1 saturated heterocycles. The predicted molar refractivity (Wildman–Crippen MR) is 108 cm³/mol. The van der Waals surface area contributed by atoms with E-state index in [1.165, 1.54) is 37.0 Å². The second kappa shape index (κ2) is 8.55. The molecule has 8 nitrogen and oxygen atoms in total. The first-order valence-corrected chi connectivity index (χ1v) is 11.0. The van der Waals surface area contributed by atoms with Gasteiger partial charge >= 0.3 is 6.03 Å². The molecule has 0 bridgehead atoms. The van der Waals surface area contributed by atoms with Crippen LogP contribution in [0.2, 0.25) is 0 Å². The standard InChI is InChI=1S/C21H31N5O3/c27-18(22-17-14-16(24-25-17)13-15-7-2-1-3-8-15)9-6-12-26-19(28)21(23-20(26)29)10-4-5-11-21/h14-15H,1-13H2,(H,23,29)(H2,22,24,25,27). The summed E-state index contributed by atoms with van der Waals surface area (Å²) in [6.45, 7) is 0.271. The number of anilines is 1. The van der Waals surface area contributed by atoms with E-state index >= 15 is 0 Å². The zero-order chi connectivity index (χ0) is 20.3. The largest absolute Gasteiger partial charge is 0.325 e. The molecule has 1 aromatic heterocycles. The SMILES string of the molecule is O=C(CCCN1C(=O)NC2(CCCC2)C1=O)Nc1cc(CC2CCCCC2)[nH]n1. The first-order chi connectivity index (χ1) is 14.1. The van der Waals surface area contributed by atoms with Crippen LogP contribution in [0.25, 0.3) is 0 Å². The minimum absolute atomic E-state index is 0.125. The number of nitrogens with zero attached hydrogens (tertiary/aromatic N) is 2. The summed E-state index contributed by atoms with van der Waals surface area (Å²) in [6, 6.07) is 1.59. The van der Waals surface area contributed by atoms with Crippen molar-refractivity contribution in [2.24, 2.45) is 5.92 Å². The maximum absolute atomic E-state index is 12.6. The van der Waals surface area contributed by atoms with E-state index in [2.05, 4.69) is 20.8 Å². The minimum Gasteiger partial charge on any atom is -0.323 e. The van der Waals surface area contributed by atoms with Crippen molar-refractivity contribution in [1.29, 1.82) is 0 Å². The fourth-order valence-electron chi connectivity index (χ4n) is 5.03. The van der Waals surface area contributed by atoms with Gasteiger partial charge in [0.2, 0.25) is 5.91 Å². The van der Waals surface area contributed by atoms with Crippen LogP contribution in [-0.2, 0) is 16.0 Å². The van der Waals surface area contributed by atoms with Crippen LogP contribution in [0.4, 0.5) is 10.6 Å². The summed E-state index contributed by atoms with van der Waals surface area (Å²) in [7, 11) is 0. The maximum atomic E-state index is 12.6. The van der Waals surface area contributed by atoms with Gasteiger partial charge in [-0.1, -0.05) is 44.9 Å². The lowest BCUT2D eigenvalue weighted by atomic mass is 9.86. The third-order valence-corrected chi connectivity index (χ3v) is 6.62. The van der Waals surface area contributed by atoms with Gasteiger partial charge < -0.3 is 10.6 Å². The molecule has 0 aromatic carbocycles. The molecule has 29 heavy (non-hydrogen) atoms. The fourth-order valence-corrected chi connectivity index (χ4v) is 5.03. The zero-order valence-electron chi connectivity index (χ0n) is 17.0. The van der Waals surface area contributed by atoms with E-state index < -0.39 is 5.54 Å². The molecule has 8 heteroatoms. The highest BCUT2D eigenvalue weighted by atomic mass is 16.2. The van der Waals surface area contributed by atoms with Crippen LogP contribution in [0, 0.1) is 5.92 Å². The number of H-pyrrole nitrogens is 1. The summed E-state index contributed by atoms with van der Waals surface area (Å²) in [5.41, 5.74) is 0.386. The van der Waals surface area contributed by atoms with Gasteiger partial charge in [0.15, 0.2) is 5.82 Å². The highest BCUT2D eigenvalue weighted by Crippen LogP contribution is 2.35. The minimum atomic E-state index is -0.677. The Morgan fingerprint density at radius 3 is 2.69 bits per heavy atom. The first kappa shape index (κ1) is 19.9. The third kappa shape index (κ3) is 4.46. The summed E-state index contributed by atoms with van der Waals surface area (Å²) >= 11 is 0. The van der Waals surface area contributed by atoms with Crippen molar-refractivity contribution in [2.45, 2.75) is 82.6 Å². The van der Waals surface area contributed by atoms with Gasteiger partial charge in [-0.2, -0.15) is 5.10 Å². The van der Waals surface area contributed by atoms with Gasteiger partial charge in [-0.3, -0.25) is 19.6 Å². The van der Waals surface area contributed by atoms with Crippen molar-refractivity contribution in [3.8, 4) is 0 Å². The number of carbonyl (C=O) groups is 3. The Kier molecular flexibility index (Phi) is 5.87. The molecule has 1 aliphatic heterocycles. The highest BCUT2D eigenvalue weighted by molar-refractivity contribution is 6.07. The number of nitrogens with one attached hydrogen (secondary N) is 3. The second-order valence-electron chi connectivity index (χ2n) is 8.81. The topological polar surface area (TPSA) is 107 Å². The molecule has 3 fully saturated rings. The third-order valence-electron chi connectivity index (χ3n) is 6.62. The number of imide groups is 1. The van der Waals surface area contributed by atoms with Gasteiger partial charge in [0.1, 0.15) is 5.54 Å². The van der Waals surface area contributed by atoms with E-state index in [0.717, 1.165) is 37.8 Å². The summed E-state index contributed by atoms with van der Waals surface area (Å²) in [5.74, 6) is 0.976. The number of aromatic amines is 1. The average Bonchev–Trinajstić information content (AvgIpc) is 3.40. The van der Waals surface area contributed by atoms with E-state index in [-0.39, 0.29) is 30.8 Å². The monoisotopic (exact) mass is 401 g/mol. The van der Waals surface area contributed by atoms with Crippen molar-refractivity contribution >= 4 is 23.7 Å². The molecule has 0 unspecified atom stereocenters. The van der Waals surface area contributed by atoms with E-state index in [1.54, 1.807) is 0 Å². The van der Waals surface area contributed by atoms with Gasteiger partial charge in [0.25, 0.3) is 5.91 Å². The summed E-state index contributed by atoms with van der Waals surface area (Å²) in [5, 5.41) is 12.9. The Bertz CT molecular complexity index is 762. The molecule has 2 saturated carbocycles. The molecule has 1 aromatic rings.